The Hall–Kier alpha value is -1.99. The fraction of sp³-hybridized carbons (Fsp3) is 0.250. The number of aliphatic hydroxyl groups is 1. The molecule has 0 aliphatic carbocycles. The number of carbonyl (C=O) groups excluding carboxylic acids is 1. The van der Waals surface area contributed by atoms with E-state index in [2.05, 4.69) is 14.9 Å². The number of aliphatic hydroxyl groups excluding tert-OH is 1. The molecular weight excluding hydrogens is 266 g/mol. The number of nitrogens with one attached hydrogen (secondary N) is 1. The summed E-state index contributed by atoms with van der Waals surface area (Å²) in [6.07, 6.45) is 1.40. The molecule has 1 amide bonds. The Kier molecular flexibility index (Phi) is 4.43. The van der Waals surface area contributed by atoms with E-state index in [1.165, 1.54) is 6.20 Å². The fourth-order valence-electron chi connectivity index (χ4n) is 1.54. The van der Waals surface area contributed by atoms with E-state index in [1.54, 1.807) is 18.2 Å². The van der Waals surface area contributed by atoms with E-state index in [9.17, 15) is 9.90 Å². The first-order chi connectivity index (χ1) is 9.24. The van der Waals surface area contributed by atoms with Gasteiger partial charge in [-0.25, -0.2) is 0 Å². The van der Waals surface area contributed by atoms with Gasteiger partial charge >= 0.3 is 0 Å². The number of amides is 1. The maximum absolute atomic E-state index is 11.8. The zero-order valence-corrected chi connectivity index (χ0v) is 11.1. The third-order valence-electron chi connectivity index (χ3n) is 2.37. The summed E-state index contributed by atoms with van der Waals surface area (Å²) >= 11 is 1.02. The van der Waals surface area contributed by atoms with Gasteiger partial charge in [-0.15, -0.1) is 5.10 Å². The number of anilines is 1. The molecule has 0 bridgehead atoms. The lowest BCUT2D eigenvalue weighted by Crippen LogP contribution is -2.10. The van der Waals surface area contributed by atoms with Gasteiger partial charge in [-0.3, -0.25) is 4.79 Å². The number of hydrogen-bond donors (Lipinski definition) is 2. The number of benzene rings is 1. The molecule has 0 spiro atoms. The number of hydrogen-bond acceptors (Lipinski definition) is 6. The first kappa shape index (κ1) is 13.4. The van der Waals surface area contributed by atoms with Gasteiger partial charge in [0.2, 0.25) is 0 Å². The van der Waals surface area contributed by atoms with Crippen LogP contribution in [0.25, 0.3) is 0 Å². The molecule has 7 heteroatoms. The third kappa shape index (κ3) is 3.27. The van der Waals surface area contributed by atoms with E-state index in [1.807, 2.05) is 6.92 Å². The summed E-state index contributed by atoms with van der Waals surface area (Å²) in [5.74, 6) is 0.338. The molecule has 2 rings (SSSR count). The lowest BCUT2D eigenvalue weighted by atomic mass is 10.2. The lowest BCUT2D eigenvalue weighted by Gasteiger charge is -2.10. The summed E-state index contributed by atoms with van der Waals surface area (Å²) in [7, 11) is 0. The molecule has 0 unspecified atom stereocenters. The number of aromatic nitrogens is 2. The van der Waals surface area contributed by atoms with Crippen LogP contribution in [0, 0.1) is 0 Å². The highest BCUT2D eigenvalue weighted by Crippen LogP contribution is 2.23. The average Bonchev–Trinajstić information content (AvgIpc) is 2.94. The van der Waals surface area contributed by atoms with Gasteiger partial charge in [0, 0.05) is 11.3 Å². The van der Waals surface area contributed by atoms with Crippen LogP contribution in [-0.2, 0) is 6.61 Å². The summed E-state index contributed by atoms with van der Waals surface area (Å²) in [6.45, 7) is 2.24. The quantitative estimate of drug-likeness (QED) is 0.870. The van der Waals surface area contributed by atoms with Gasteiger partial charge in [-0.1, -0.05) is 4.49 Å². The molecule has 2 N–H and O–H groups in total. The van der Waals surface area contributed by atoms with Gasteiger partial charge in [0.05, 0.1) is 19.4 Å². The average molecular weight is 279 g/mol. The smallest absolute Gasteiger partial charge is 0.269 e. The van der Waals surface area contributed by atoms with E-state index < -0.39 is 0 Å². The standard InChI is InChI=1S/C12H13N3O3S/c1-2-18-10-4-3-9(5-8(10)7-16)14-12(17)11-6-13-15-19-11/h3-6,16H,2,7H2,1H3,(H,14,17). The fourth-order valence-corrected chi connectivity index (χ4v) is 1.95. The Bertz CT molecular complexity index is 557. The molecule has 0 atom stereocenters. The lowest BCUT2D eigenvalue weighted by molar-refractivity contribution is 0.103. The van der Waals surface area contributed by atoms with Crippen LogP contribution in [0.3, 0.4) is 0 Å². The van der Waals surface area contributed by atoms with Crippen LogP contribution in [0.4, 0.5) is 5.69 Å². The Balaban J connectivity index is 2.15. The molecule has 100 valence electrons. The summed E-state index contributed by atoms with van der Waals surface area (Å²) in [4.78, 5) is 12.2. The van der Waals surface area contributed by atoms with Crippen molar-refractivity contribution in [2.45, 2.75) is 13.5 Å². The summed E-state index contributed by atoms with van der Waals surface area (Å²) in [5.41, 5.74) is 1.22. The van der Waals surface area contributed by atoms with Crippen molar-refractivity contribution in [3.8, 4) is 5.75 Å². The number of carbonyl (C=O) groups is 1. The molecule has 0 aliphatic rings. The number of ether oxygens (including phenoxy) is 1. The summed E-state index contributed by atoms with van der Waals surface area (Å²) in [6, 6.07) is 5.11. The first-order valence-corrected chi connectivity index (χ1v) is 6.47. The second-order valence-corrected chi connectivity index (χ2v) is 4.44. The van der Waals surface area contributed by atoms with Crippen molar-refractivity contribution >= 4 is 23.1 Å². The minimum absolute atomic E-state index is 0.152. The van der Waals surface area contributed by atoms with E-state index in [-0.39, 0.29) is 12.5 Å². The molecule has 0 aliphatic heterocycles. The molecule has 0 radical (unpaired) electrons. The second kappa shape index (κ2) is 6.26. The predicted octanol–water partition coefficient (Wildman–Crippen LogP) is 1.68. The zero-order valence-electron chi connectivity index (χ0n) is 10.3. The minimum Gasteiger partial charge on any atom is -0.494 e. The van der Waals surface area contributed by atoms with Crippen LogP contribution >= 0.6 is 11.5 Å². The van der Waals surface area contributed by atoms with Crippen molar-refractivity contribution in [1.29, 1.82) is 0 Å². The van der Waals surface area contributed by atoms with Crippen molar-refractivity contribution in [3.63, 3.8) is 0 Å². The normalized spacial score (nSPS) is 10.2. The van der Waals surface area contributed by atoms with Gasteiger partial charge in [-0.05, 0) is 36.7 Å². The molecule has 1 aromatic carbocycles. The summed E-state index contributed by atoms with van der Waals surface area (Å²) in [5, 5.41) is 15.6. The maximum atomic E-state index is 11.8. The maximum Gasteiger partial charge on any atom is 0.269 e. The number of nitrogens with zero attached hydrogens (tertiary/aromatic N) is 2. The van der Waals surface area contributed by atoms with Crippen LogP contribution in [0.5, 0.6) is 5.75 Å². The van der Waals surface area contributed by atoms with E-state index >= 15 is 0 Å². The van der Waals surface area contributed by atoms with Crippen molar-refractivity contribution < 1.29 is 14.6 Å². The van der Waals surface area contributed by atoms with Crippen LogP contribution in [0.15, 0.2) is 24.4 Å². The van der Waals surface area contributed by atoms with Gasteiger partial charge in [0.1, 0.15) is 10.6 Å². The topological polar surface area (TPSA) is 84.3 Å². The Morgan fingerprint density at radius 1 is 1.53 bits per heavy atom. The molecule has 0 saturated carbocycles. The van der Waals surface area contributed by atoms with E-state index in [0.717, 1.165) is 11.5 Å². The number of rotatable bonds is 5. The third-order valence-corrected chi connectivity index (χ3v) is 3.04. The summed E-state index contributed by atoms with van der Waals surface area (Å²) < 4.78 is 9.00. The zero-order chi connectivity index (χ0) is 13.7. The first-order valence-electron chi connectivity index (χ1n) is 5.70. The molecule has 0 fully saturated rings. The highest BCUT2D eigenvalue weighted by molar-refractivity contribution is 7.07. The Morgan fingerprint density at radius 2 is 2.37 bits per heavy atom. The second-order valence-electron chi connectivity index (χ2n) is 3.65. The van der Waals surface area contributed by atoms with Crippen LogP contribution in [-0.4, -0.2) is 27.2 Å². The van der Waals surface area contributed by atoms with Crippen molar-refractivity contribution in [3.05, 3.63) is 34.8 Å². The van der Waals surface area contributed by atoms with Crippen molar-refractivity contribution in [2.24, 2.45) is 0 Å². The van der Waals surface area contributed by atoms with Crippen LogP contribution < -0.4 is 10.1 Å². The van der Waals surface area contributed by atoms with Crippen LogP contribution in [0.1, 0.15) is 22.2 Å². The highest BCUT2D eigenvalue weighted by Gasteiger charge is 2.10. The van der Waals surface area contributed by atoms with E-state index in [0.29, 0.717) is 28.5 Å². The molecule has 2 aromatic rings. The molecule has 19 heavy (non-hydrogen) atoms. The largest absolute Gasteiger partial charge is 0.494 e. The van der Waals surface area contributed by atoms with Gasteiger partial charge in [-0.2, -0.15) is 0 Å². The van der Waals surface area contributed by atoms with Gasteiger partial charge in [0.25, 0.3) is 5.91 Å². The van der Waals surface area contributed by atoms with Crippen molar-refractivity contribution in [2.75, 3.05) is 11.9 Å². The SMILES string of the molecule is CCOc1ccc(NC(=O)c2cnns2)cc1CO. The van der Waals surface area contributed by atoms with Gasteiger partial charge < -0.3 is 15.2 Å². The highest BCUT2D eigenvalue weighted by atomic mass is 32.1. The molecular formula is C12H13N3O3S. The Labute approximate surface area is 114 Å². The van der Waals surface area contributed by atoms with E-state index in [4.69, 9.17) is 4.74 Å². The van der Waals surface area contributed by atoms with Gasteiger partial charge in [0.15, 0.2) is 0 Å². The molecule has 1 heterocycles. The molecule has 1 aromatic heterocycles. The Morgan fingerprint density at radius 3 is 3.00 bits per heavy atom. The molecule has 0 saturated heterocycles. The van der Waals surface area contributed by atoms with Crippen LogP contribution in [0.2, 0.25) is 0 Å². The van der Waals surface area contributed by atoms with Crippen molar-refractivity contribution in [1.82, 2.24) is 9.59 Å². The molecule has 6 nitrogen and oxygen atoms in total. The predicted molar refractivity (Wildman–Crippen MR) is 71.4 cm³/mol. The monoisotopic (exact) mass is 279 g/mol. The minimum atomic E-state index is -0.275.